The molecular weight excluding hydrogens is 290 g/mol. The second-order valence-electron chi connectivity index (χ2n) is 4.77. The highest BCUT2D eigenvalue weighted by Crippen LogP contribution is 2.31. The van der Waals surface area contributed by atoms with Crippen LogP contribution in [0.4, 0.5) is 0 Å². The third kappa shape index (κ3) is 3.87. The minimum atomic E-state index is -0.557. The zero-order valence-corrected chi connectivity index (χ0v) is 13.4. The highest BCUT2D eigenvalue weighted by atomic mass is 16.5. The van der Waals surface area contributed by atoms with Crippen molar-refractivity contribution in [2.45, 2.75) is 27.7 Å². The van der Waals surface area contributed by atoms with E-state index in [4.69, 9.17) is 14.2 Å². The molecule has 0 saturated carbocycles. The van der Waals surface area contributed by atoms with Crippen molar-refractivity contribution in [2.75, 3.05) is 20.3 Å². The summed E-state index contributed by atoms with van der Waals surface area (Å²) in [5.41, 5.74) is 1.56. The number of dihydropyridines is 1. The lowest BCUT2D eigenvalue weighted by Gasteiger charge is -2.28. The van der Waals surface area contributed by atoms with Gasteiger partial charge < -0.3 is 19.5 Å². The van der Waals surface area contributed by atoms with E-state index in [1.54, 1.807) is 20.8 Å². The average molecular weight is 311 g/mol. The summed E-state index contributed by atoms with van der Waals surface area (Å²) in [5, 5.41) is 2.94. The van der Waals surface area contributed by atoms with Crippen LogP contribution >= 0.6 is 0 Å². The second kappa shape index (κ2) is 7.63. The zero-order valence-electron chi connectivity index (χ0n) is 13.4. The van der Waals surface area contributed by atoms with Crippen molar-refractivity contribution >= 4 is 17.9 Å². The van der Waals surface area contributed by atoms with Crippen LogP contribution in [-0.2, 0) is 28.6 Å². The van der Waals surface area contributed by atoms with E-state index in [0.29, 0.717) is 17.0 Å². The Kier molecular flexibility index (Phi) is 6.15. The van der Waals surface area contributed by atoms with Gasteiger partial charge in [-0.2, -0.15) is 0 Å². The van der Waals surface area contributed by atoms with Crippen molar-refractivity contribution in [2.24, 2.45) is 5.92 Å². The van der Waals surface area contributed by atoms with Gasteiger partial charge in [0, 0.05) is 18.5 Å². The summed E-state index contributed by atoms with van der Waals surface area (Å²) >= 11 is 0. The standard InChI is InChI=1S/C15H21NO6/c1-6-21-15(19)13-8(2)12(14(18)20-5)9(3)16-11(13)7-22-10(4)17/h8,16H,6-7H2,1-5H3. The first-order valence-corrected chi connectivity index (χ1v) is 6.93. The van der Waals surface area contributed by atoms with Gasteiger partial charge in [-0.1, -0.05) is 6.92 Å². The Morgan fingerprint density at radius 2 is 1.77 bits per heavy atom. The average Bonchev–Trinajstić information content (AvgIpc) is 2.44. The van der Waals surface area contributed by atoms with Crippen LogP contribution in [0.15, 0.2) is 22.5 Å². The lowest BCUT2D eigenvalue weighted by Crippen LogP contribution is -2.34. The molecule has 22 heavy (non-hydrogen) atoms. The summed E-state index contributed by atoms with van der Waals surface area (Å²) in [4.78, 5) is 35.1. The van der Waals surface area contributed by atoms with E-state index in [0.717, 1.165) is 0 Å². The van der Waals surface area contributed by atoms with Crippen molar-refractivity contribution in [1.82, 2.24) is 5.32 Å². The highest BCUT2D eigenvalue weighted by Gasteiger charge is 2.35. The van der Waals surface area contributed by atoms with E-state index < -0.39 is 23.8 Å². The first-order valence-electron chi connectivity index (χ1n) is 6.93. The van der Waals surface area contributed by atoms with E-state index in [9.17, 15) is 14.4 Å². The molecule has 0 amide bonds. The van der Waals surface area contributed by atoms with E-state index in [-0.39, 0.29) is 18.8 Å². The number of hydrogen-bond acceptors (Lipinski definition) is 7. The van der Waals surface area contributed by atoms with Crippen LogP contribution in [0.25, 0.3) is 0 Å². The molecule has 0 aromatic rings. The fourth-order valence-corrected chi connectivity index (χ4v) is 2.33. The fraction of sp³-hybridized carbons (Fsp3) is 0.533. The fourth-order valence-electron chi connectivity index (χ4n) is 2.33. The van der Waals surface area contributed by atoms with Crippen molar-refractivity contribution in [3.8, 4) is 0 Å². The molecule has 7 heteroatoms. The molecule has 1 atom stereocenters. The van der Waals surface area contributed by atoms with Crippen LogP contribution in [0.3, 0.4) is 0 Å². The molecule has 1 rings (SSSR count). The summed E-state index contributed by atoms with van der Waals surface area (Å²) in [6.07, 6.45) is 0. The summed E-state index contributed by atoms with van der Waals surface area (Å²) < 4.78 is 14.7. The van der Waals surface area contributed by atoms with Gasteiger partial charge in [0.2, 0.25) is 0 Å². The van der Waals surface area contributed by atoms with Gasteiger partial charge in [0.1, 0.15) is 6.61 Å². The third-order valence-corrected chi connectivity index (χ3v) is 3.25. The maximum absolute atomic E-state index is 12.2. The molecule has 0 fully saturated rings. The van der Waals surface area contributed by atoms with Gasteiger partial charge in [-0.15, -0.1) is 0 Å². The highest BCUT2D eigenvalue weighted by molar-refractivity contribution is 5.97. The summed E-state index contributed by atoms with van der Waals surface area (Å²) in [7, 11) is 1.28. The van der Waals surface area contributed by atoms with Gasteiger partial charge in [-0.3, -0.25) is 4.79 Å². The summed E-state index contributed by atoms with van der Waals surface area (Å²) in [6.45, 7) is 6.47. The quantitative estimate of drug-likeness (QED) is 0.599. The molecule has 7 nitrogen and oxygen atoms in total. The number of nitrogens with one attached hydrogen (secondary N) is 1. The first kappa shape index (κ1) is 17.7. The van der Waals surface area contributed by atoms with E-state index >= 15 is 0 Å². The van der Waals surface area contributed by atoms with Crippen molar-refractivity contribution in [3.63, 3.8) is 0 Å². The van der Waals surface area contributed by atoms with Crippen molar-refractivity contribution < 1.29 is 28.6 Å². The molecule has 1 heterocycles. The molecule has 0 aliphatic carbocycles. The summed E-state index contributed by atoms with van der Waals surface area (Å²) in [5.74, 6) is -2.08. The van der Waals surface area contributed by atoms with E-state index in [2.05, 4.69) is 5.32 Å². The minimum absolute atomic E-state index is 0.0976. The monoisotopic (exact) mass is 311 g/mol. The maximum atomic E-state index is 12.2. The molecule has 122 valence electrons. The molecular formula is C15H21NO6. The summed E-state index contributed by atoms with van der Waals surface area (Å²) in [6, 6.07) is 0. The van der Waals surface area contributed by atoms with Crippen LogP contribution < -0.4 is 5.32 Å². The largest absolute Gasteiger partial charge is 0.466 e. The lowest BCUT2D eigenvalue weighted by molar-refractivity contribution is -0.142. The first-order chi connectivity index (χ1) is 10.3. The van der Waals surface area contributed by atoms with Crippen molar-refractivity contribution in [1.29, 1.82) is 0 Å². The SMILES string of the molecule is CCOC(=O)C1=C(COC(C)=O)NC(C)=C(C(=O)OC)C1C. The van der Waals surface area contributed by atoms with Gasteiger partial charge in [0.15, 0.2) is 0 Å². The second-order valence-corrected chi connectivity index (χ2v) is 4.77. The molecule has 1 N–H and O–H groups in total. The number of allylic oxidation sites excluding steroid dienone is 1. The predicted molar refractivity (Wildman–Crippen MR) is 77.3 cm³/mol. The number of carbonyl (C=O) groups excluding carboxylic acids is 3. The lowest BCUT2D eigenvalue weighted by atomic mass is 9.87. The normalized spacial score (nSPS) is 17.8. The molecule has 0 bridgehead atoms. The predicted octanol–water partition coefficient (Wildman–Crippen LogP) is 1.05. The smallest absolute Gasteiger partial charge is 0.336 e. The molecule has 0 spiro atoms. The van der Waals surface area contributed by atoms with Crippen LogP contribution in [0.5, 0.6) is 0 Å². The minimum Gasteiger partial charge on any atom is -0.466 e. The number of hydrogen-bond donors (Lipinski definition) is 1. The van der Waals surface area contributed by atoms with Crippen LogP contribution in [0.1, 0.15) is 27.7 Å². The maximum Gasteiger partial charge on any atom is 0.336 e. The van der Waals surface area contributed by atoms with Gasteiger partial charge in [0.05, 0.1) is 30.6 Å². The Bertz CT molecular complexity index is 546. The molecule has 0 aromatic heterocycles. The topological polar surface area (TPSA) is 90.9 Å². The third-order valence-electron chi connectivity index (χ3n) is 3.25. The molecule has 1 aliphatic rings. The van der Waals surface area contributed by atoms with Gasteiger partial charge in [-0.25, -0.2) is 9.59 Å². The van der Waals surface area contributed by atoms with Gasteiger partial charge in [-0.05, 0) is 13.8 Å². The Hall–Kier alpha value is -2.31. The zero-order chi connectivity index (χ0) is 16.9. The van der Waals surface area contributed by atoms with Gasteiger partial charge >= 0.3 is 17.9 Å². The number of esters is 3. The Labute approximate surface area is 129 Å². The molecule has 0 aromatic carbocycles. The van der Waals surface area contributed by atoms with E-state index in [1.165, 1.54) is 14.0 Å². The molecule has 0 radical (unpaired) electrons. The molecule has 1 unspecified atom stereocenters. The number of rotatable bonds is 5. The number of ether oxygens (including phenoxy) is 3. The number of methoxy groups -OCH3 is 1. The van der Waals surface area contributed by atoms with Gasteiger partial charge in [0.25, 0.3) is 0 Å². The Balaban J connectivity index is 3.21. The van der Waals surface area contributed by atoms with E-state index in [1.807, 2.05) is 0 Å². The van der Waals surface area contributed by atoms with Crippen LogP contribution in [0, 0.1) is 5.92 Å². The number of carbonyl (C=O) groups is 3. The Morgan fingerprint density at radius 1 is 1.14 bits per heavy atom. The molecule has 1 aliphatic heterocycles. The Morgan fingerprint density at radius 3 is 2.27 bits per heavy atom. The van der Waals surface area contributed by atoms with Crippen LogP contribution in [-0.4, -0.2) is 38.2 Å². The molecule has 0 saturated heterocycles. The van der Waals surface area contributed by atoms with Crippen LogP contribution in [0.2, 0.25) is 0 Å². The van der Waals surface area contributed by atoms with Crippen molar-refractivity contribution in [3.05, 3.63) is 22.5 Å².